The highest BCUT2D eigenvalue weighted by Crippen LogP contribution is 2.26. The van der Waals surface area contributed by atoms with E-state index in [1.54, 1.807) is 6.08 Å². The Balaban J connectivity index is 2.38. The van der Waals surface area contributed by atoms with Crippen molar-refractivity contribution in [3.8, 4) is 0 Å². The van der Waals surface area contributed by atoms with Crippen molar-refractivity contribution in [3.63, 3.8) is 0 Å². The van der Waals surface area contributed by atoms with Crippen molar-refractivity contribution in [2.75, 3.05) is 13.2 Å². The van der Waals surface area contributed by atoms with E-state index in [0.717, 1.165) is 5.56 Å². The van der Waals surface area contributed by atoms with Gasteiger partial charge >= 0.3 is 12.1 Å². The summed E-state index contributed by atoms with van der Waals surface area (Å²) in [5.41, 5.74) is 0.886. The fourth-order valence-corrected chi connectivity index (χ4v) is 1.31. The van der Waals surface area contributed by atoms with Gasteiger partial charge in [0.1, 0.15) is 0 Å². The van der Waals surface area contributed by atoms with Crippen molar-refractivity contribution in [1.82, 2.24) is 0 Å². The van der Waals surface area contributed by atoms with Gasteiger partial charge in [0, 0.05) is 0 Å². The van der Waals surface area contributed by atoms with Gasteiger partial charge in [-0.2, -0.15) is 13.2 Å². The lowest BCUT2D eigenvalue weighted by Gasteiger charge is -2.15. The molecule has 0 fully saturated rings. The average molecular weight is 274 g/mol. The maximum absolute atomic E-state index is 12.3. The molecule has 19 heavy (non-hydrogen) atoms. The van der Waals surface area contributed by atoms with E-state index >= 15 is 0 Å². The van der Waals surface area contributed by atoms with Crippen LogP contribution < -0.4 is 0 Å². The molecule has 0 heterocycles. The van der Waals surface area contributed by atoms with E-state index in [4.69, 9.17) is 9.84 Å². The first-order valence-electron chi connectivity index (χ1n) is 5.50. The Kier molecular flexibility index (Phi) is 5.57. The minimum atomic E-state index is -4.80. The van der Waals surface area contributed by atoms with E-state index in [1.165, 1.54) is 6.08 Å². The van der Waals surface area contributed by atoms with Gasteiger partial charge in [0.05, 0.1) is 13.2 Å². The lowest BCUT2D eigenvalue weighted by atomic mass is 10.1. The predicted octanol–water partition coefficient (Wildman–Crippen LogP) is 2.98. The molecule has 0 aromatic heterocycles. The van der Waals surface area contributed by atoms with Crippen molar-refractivity contribution in [2.24, 2.45) is 5.92 Å². The summed E-state index contributed by atoms with van der Waals surface area (Å²) >= 11 is 0. The zero-order valence-electron chi connectivity index (χ0n) is 9.93. The van der Waals surface area contributed by atoms with Crippen LogP contribution in [0.4, 0.5) is 13.2 Å². The van der Waals surface area contributed by atoms with Crippen LogP contribution in [0, 0.1) is 5.92 Å². The highest BCUT2D eigenvalue weighted by Gasteiger charge is 2.45. The molecule has 104 valence electrons. The van der Waals surface area contributed by atoms with Crippen LogP contribution in [0.1, 0.15) is 5.56 Å². The van der Waals surface area contributed by atoms with Crippen LogP contribution in [0.2, 0.25) is 0 Å². The van der Waals surface area contributed by atoms with Gasteiger partial charge in [0.25, 0.3) is 0 Å². The number of carbonyl (C=O) groups is 1. The second-order valence-electron chi connectivity index (χ2n) is 3.78. The molecule has 0 radical (unpaired) electrons. The summed E-state index contributed by atoms with van der Waals surface area (Å²) < 4.78 is 41.5. The second kappa shape index (κ2) is 6.94. The number of benzene rings is 1. The average Bonchev–Trinajstić information content (AvgIpc) is 2.32. The van der Waals surface area contributed by atoms with Gasteiger partial charge < -0.3 is 9.84 Å². The quantitative estimate of drug-likeness (QED) is 0.811. The fourth-order valence-electron chi connectivity index (χ4n) is 1.31. The molecule has 1 N–H and O–H groups in total. The minimum absolute atomic E-state index is 0.0746. The van der Waals surface area contributed by atoms with Crippen molar-refractivity contribution in [2.45, 2.75) is 6.18 Å². The van der Waals surface area contributed by atoms with E-state index in [-0.39, 0.29) is 6.61 Å². The van der Waals surface area contributed by atoms with Crippen molar-refractivity contribution in [3.05, 3.63) is 42.0 Å². The first-order chi connectivity index (χ1) is 8.91. The van der Waals surface area contributed by atoms with Gasteiger partial charge in [-0.05, 0) is 5.56 Å². The number of ether oxygens (including phenoxy) is 1. The summed E-state index contributed by atoms with van der Waals surface area (Å²) in [4.78, 5) is 10.4. The number of rotatable bonds is 6. The highest BCUT2D eigenvalue weighted by atomic mass is 19.4. The number of alkyl halides is 3. The molecule has 0 aliphatic heterocycles. The van der Waals surface area contributed by atoms with Crippen LogP contribution in [-0.4, -0.2) is 30.5 Å². The Morgan fingerprint density at radius 2 is 1.95 bits per heavy atom. The van der Waals surface area contributed by atoms with Crippen LogP contribution in [0.15, 0.2) is 36.4 Å². The third-order valence-corrected chi connectivity index (χ3v) is 2.30. The zero-order chi connectivity index (χ0) is 14.3. The molecule has 1 aromatic rings. The lowest BCUT2D eigenvalue weighted by molar-refractivity contribution is -0.202. The molecule has 1 rings (SSSR count). The molecule has 0 aliphatic carbocycles. The minimum Gasteiger partial charge on any atom is -0.481 e. The van der Waals surface area contributed by atoms with Gasteiger partial charge in [0.2, 0.25) is 0 Å². The molecular formula is C13H13F3O3. The molecule has 1 atom stereocenters. The van der Waals surface area contributed by atoms with Crippen LogP contribution in [0.3, 0.4) is 0 Å². The number of carboxylic acid groups (broad SMARTS) is 1. The number of halogens is 3. The summed E-state index contributed by atoms with van der Waals surface area (Å²) in [6, 6.07) is 9.14. The van der Waals surface area contributed by atoms with E-state index in [1.807, 2.05) is 30.3 Å². The number of hydrogen-bond acceptors (Lipinski definition) is 2. The highest BCUT2D eigenvalue weighted by molar-refractivity contribution is 5.71. The van der Waals surface area contributed by atoms with E-state index < -0.39 is 24.7 Å². The predicted molar refractivity (Wildman–Crippen MR) is 63.5 cm³/mol. The Morgan fingerprint density at radius 3 is 2.47 bits per heavy atom. The SMILES string of the molecule is O=C(O)C(COC/C=C/c1ccccc1)C(F)(F)F. The van der Waals surface area contributed by atoms with E-state index in [9.17, 15) is 18.0 Å². The molecule has 0 saturated carbocycles. The molecule has 3 nitrogen and oxygen atoms in total. The maximum Gasteiger partial charge on any atom is 0.404 e. The third-order valence-electron chi connectivity index (χ3n) is 2.30. The largest absolute Gasteiger partial charge is 0.481 e. The Morgan fingerprint density at radius 1 is 1.32 bits per heavy atom. The summed E-state index contributed by atoms with van der Waals surface area (Å²) in [5, 5.41) is 8.43. The number of aliphatic carboxylic acids is 1. The molecule has 0 saturated heterocycles. The standard InChI is InChI=1S/C13H13F3O3/c14-13(15,16)11(12(17)18)9-19-8-4-7-10-5-2-1-3-6-10/h1-7,11H,8-9H2,(H,17,18)/b7-4+. The smallest absolute Gasteiger partial charge is 0.404 e. The third kappa shape index (κ3) is 5.56. The fraction of sp³-hybridized carbons (Fsp3) is 0.308. The van der Waals surface area contributed by atoms with Gasteiger partial charge in [-0.1, -0.05) is 42.5 Å². The van der Waals surface area contributed by atoms with Crippen LogP contribution in [0.25, 0.3) is 6.08 Å². The van der Waals surface area contributed by atoms with E-state index in [0.29, 0.717) is 0 Å². The van der Waals surface area contributed by atoms with Crippen molar-refractivity contribution < 1.29 is 27.8 Å². The second-order valence-corrected chi connectivity index (χ2v) is 3.78. The molecule has 0 amide bonds. The molecule has 0 aliphatic rings. The van der Waals surface area contributed by atoms with Crippen molar-refractivity contribution >= 4 is 12.0 Å². The van der Waals surface area contributed by atoms with Gasteiger partial charge in [-0.3, -0.25) is 4.79 Å². The van der Waals surface area contributed by atoms with E-state index in [2.05, 4.69) is 0 Å². The summed E-state index contributed by atoms with van der Waals surface area (Å²) in [6.45, 7) is -0.966. The van der Waals surface area contributed by atoms with Crippen LogP contribution in [0.5, 0.6) is 0 Å². The summed E-state index contributed by atoms with van der Waals surface area (Å²) in [7, 11) is 0. The Hall–Kier alpha value is -1.82. The van der Waals surface area contributed by atoms with Gasteiger partial charge in [-0.15, -0.1) is 0 Å². The number of carboxylic acids is 1. The first-order valence-corrected chi connectivity index (χ1v) is 5.50. The van der Waals surface area contributed by atoms with Crippen LogP contribution >= 0.6 is 0 Å². The number of hydrogen-bond donors (Lipinski definition) is 1. The maximum atomic E-state index is 12.3. The molecule has 1 aromatic carbocycles. The van der Waals surface area contributed by atoms with Gasteiger partial charge in [-0.25, -0.2) is 0 Å². The summed E-state index contributed by atoms with van der Waals surface area (Å²) in [6.07, 6.45) is -1.58. The molecule has 6 heteroatoms. The Bertz CT molecular complexity index is 427. The Labute approximate surface area is 108 Å². The summed E-state index contributed by atoms with van der Waals surface area (Å²) in [5.74, 6) is -4.42. The topological polar surface area (TPSA) is 46.5 Å². The van der Waals surface area contributed by atoms with Gasteiger partial charge in [0.15, 0.2) is 5.92 Å². The first kappa shape index (κ1) is 15.2. The van der Waals surface area contributed by atoms with Crippen molar-refractivity contribution in [1.29, 1.82) is 0 Å². The molecule has 0 spiro atoms. The molecule has 1 unspecified atom stereocenters. The molecular weight excluding hydrogens is 261 g/mol. The normalized spacial score (nSPS) is 13.6. The monoisotopic (exact) mass is 274 g/mol. The molecule has 0 bridgehead atoms. The van der Waals surface area contributed by atoms with Crippen LogP contribution in [-0.2, 0) is 9.53 Å². The zero-order valence-corrected chi connectivity index (χ0v) is 9.93. The lowest BCUT2D eigenvalue weighted by Crippen LogP contribution is -2.34.